The highest BCUT2D eigenvalue weighted by Gasteiger charge is 2.09. The largest absolute Gasteiger partial charge is 0.338 e. The van der Waals surface area contributed by atoms with E-state index in [-0.39, 0.29) is 0 Å². The van der Waals surface area contributed by atoms with Gasteiger partial charge in [0.15, 0.2) is 0 Å². The third-order valence-corrected chi connectivity index (χ3v) is 2.55. The molecule has 0 N–H and O–H groups in total. The van der Waals surface area contributed by atoms with E-state index in [9.17, 15) is 0 Å². The Balaban J connectivity index is 2.48. The molecule has 0 aliphatic rings. The van der Waals surface area contributed by atoms with Gasteiger partial charge in [0.2, 0.25) is 0 Å². The Bertz CT molecular complexity index is 335. The second kappa shape index (κ2) is 5.52. The van der Waals surface area contributed by atoms with Crippen molar-refractivity contribution in [1.82, 2.24) is 14.5 Å². The van der Waals surface area contributed by atoms with Gasteiger partial charge in [-0.15, -0.1) is 0 Å². The standard InChI is InChI=1S/C11H18N4/c1-10(2)15(8-5-12)7-4-11-13-6-9-14(11)3/h6,9-10H,4,7-8H2,1-3H3. The summed E-state index contributed by atoms with van der Waals surface area (Å²) in [6.07, 6.45) is 4.64. The van der Waals surface area contributed by atoms with E-state index < -0.39 is 0 Å². The number of hydrogen-bond donors (Lipinski definition) is 0. The van der Waals surface area contributed by atoms with Gasteiger partial charge in [-0.1, -0.05) is 0 Å². The zero-order valence-electron chi connectivity index (χ0n) is 9.64. The minimum Gasteiger partial charge on any atom is -0.338 e. The number of rotatable bonds is 5. The van der Waals surface area contributed by atoms with E-state index in [2.05, 4.69) is 29.8 Å². The number of hydrogen-bond acceptors (Lipinski definition) is 3. The molecule has 0 bridgehead atoms. The summed E-state index contributed by atoms with van der Waals surface area (Å²) in [5.41, 5.74) is 0. The lowest BCUT2D eigenvalue weighted by Gasteiger charge is -2.22. The van der Waals surface area contributed by atoms with Gasteiger partial charge >= 0.3 is 0 Å². The molecule has 15 heavy (non-hydrogen) atoms. The molecule has 0 aromatic carbocycles. The van der Waals surface area contributed by atoms with E-state index in [0.717, 1.165) is 18.8 Å². The number of aryl methyl sites for hydroxylation is 1. The molecule has 0 aliphatic heterocycles. The van der Waals surface area contributed by atoms with E-state index in [1.165, 1.54) is 0 Å². The molecule has 1 rings (SSSR count). The number of aromatic nitrogens is 2. The lowest BCUT2D eigenvalue weighted by Crippen LogP contribution is -2.33. The van der Waals surface area contributed by atoms with Gasteiger partial charge in [0.1, 0.15) is 5.82 Å². The Morgan fingerprint density at radius 3 is 2.80 bits per heavy atom. The van der Waals surface area contributed by atoms with Gasteiger partial charge in [-0.25, -0.2) is 4.98 Å². The second-order valence-corrected chi connectivity index (χ2v) is 3.93. The quantitative estimate of drug-likeness (QED) is 0.680. The summed E-state index contributed by atoms with van der Waals surface area (Å²) in [6.45, 7) is 5.59. The first-order valence-electron chi connectivity index (χ1n) is 5.22. The highest BCUT2D eigenvalue weighted by molar-refractivity contribution is 4.92. The third kappa shape index (κ3) is 3.37. The Morgan fingerprint density at radius 2 is 2.33 bits per heavy atom. The molecule has 1 aromatic heterocycles. The minimum atomic E-state index is 0.407. The van der Waals surface area contributed by atoms with Gasteiger partial charge in [0, 0.05) is 38.4 Å². The lowest BCUT2D eigenvalue weighted by atomic mass is 10.3. The van der Waals surface area contributed by atoms with Crippen LogP contribution in [0.2, 0.25) is 0 Å². The van der Waals surface area contributed by atoms with Crippen molar-refractivity contribution in [2.24, 2.45) is 7.05 Å². The van der Waals surface area contributed by atoms with Crippen LogP contribution in [0.4, 0.5) is 0 Å². The maximum Gasteiger partial charge on any atom is 0.109 e. The van der Waals surface area contributed by atoms with Gasteiger partial charge in [-0.05, 0) is 13.8 Å². The van der Waals surface area contributed by atoms with E-state index in [1.54, 1.807) is 6.20 Å². The van der Waals surface area contributed by atoms with Crippen molar-refractivity contribution in [2.45, 2.75) is 26.3 Å². The first kappa shape index (κ1) is 11.7. The monoisotopic (exact) mass is 206 g/mol. The Kier molecular flexibility index (Phi) is 4.32. The number of imidazole rings is 1. The predicted octanol–water partition coefficient (Wildman–Crippen LogP) is 1.20. The van der Waals surface area contributed by atoms with Crippen molar-refractivity contribution in [3.63, 3.8) is 0 Å². The molecule has 82 valence electrons. The first-order valence-corrected chi connectivity index (χ1v) is 5.22. The Labute approximate surface area is 91.1 Å². The van der Waals surface area contributed by atoms with Gasteiger partial charge in [0.05, 0.1) is 12.6 Å². The molecule has 0 atom stereocenters. The van der Waals surface area contributed by atoms with E-state index >= 15 is 0 Å². The van der Waals surface area contributed by atoms with Gasteiger partial charge in [0.25, 0.3) is 0 Å². The molecule has 0 saturated carbocycles. The first-order chi connectivity index (χ1) is 7.15. The highest BCUT2D eigenvalue weighted by atomic mass is 15.1. The van der Waals surface area contributed by atoms with Gasteiger partial charge < -0.3 is 4.57 Å². The van der Waals surface area contributed by atoms with Crippen LogP contribution in [0.5, 0.6) is 0 Å². The molecule has 0 spiro atoms. The summed E-state index contributed by atoms with van der Waals surface area (Å²) in [5, 5.41) is 8.68. The average Bonchev–Trinajstić information content (AvgIpc) is 2.58. The van der Waals surface area contributed by atoms with Crippen LogP contribution in [-0.4, -0.2) is 33.6 Å². The van der Waals surface area contributed by atoms with Crippen LogP contribution in [0.25, 0.3) is 0 Å². The SMILES string of the molecule is CC(C)N(CC#N)CCc1nccn1C. The maximum absolute atomic E-state index is 8.68. The molecule has 4 heteroatoms. The molecule has 0 fully saturated rings. The minimum absolute atomic E-state index is 0.407. The molecule has 1 aromatic rings. The van der Waals surface area contributed by atoms with Gasteiger partial charge in [-0.2, -0.15) is 5.26 Å². The summed E-state index contributed by atoms with van der Waals surface area (Å²) < 4.78 is 2.02. The fourth-order valence-electron chi connectivity index (χ4n) is 1.49. The van der Waals surface area contributed by atoms with Crippen molar-refractivity contribution < 1.29 is 0 Å². The van der Waals surface area contributed by atoms with Crippen LogP contribution in [0.3, 0.4) is 0 Å². The molecule has 0 amide bonds. The third-order valence-electron chi connectivity index (χ3n) is 2.55. The van der Waals surface area contributed by atoms with Crippen LogP contribution in [0.15, 0.2) is 12.4 Å². The van der Waals surface area contributed by atoms with Crippen molar-refractivity contribution in [3.05, 3.63) is 18.2 Å². The fourth-order valence-corrected chi connectivity index (χ4v) is 1.49. The summed E-state index contributed by atoms with van der Waals surface area (Å²) in [7, 11) is 1.99. The van der Waals surface area contributed by atoms with Crippen LogP contribution >= 0.6 is 0 Å². The summed E-state index contributed by atoms with van der Waals surface area (Å²) in [6, 6.07) is 2.60. The van der Waals surface area contributed by atoms with Crippen molar-refractivity contribution in [1.29, 1.82) is 5.26 Å². The number of nitrogens with zero attached hydrogens (tertiary/aromatic N) is 4. The van der Waals surface area contributed by atoms with E-state index in [4.69, 9.17) is 5.26 Å². The van der Waals surface area contributed by atoms with Crippen LogP contribution in [0, 0.1) is 11.3 Å². The molecule has 0 saturated heterocycles. The summed E-state index contributed by atoms with van der Waals surface area (Å²) >= 11 is 0. The fraction of sp³-hybridized carbons (Fsp3) is 0.636. The van der Waals surface area contributed by atoms with E-state index in [1.807, 2.05) is 17.8 Å². The molecule has 0 aliphatic carbocycles. The maximum atomic E-state index is 8.68. The molecule has 1 heterocycles. The van der Waals surface area contributed by atoms with Crippen LogP contribution in [-0.2, 0) is 13.5 Å². The smallest absolute Gasteiger partial charge is 0.109 e. The molecule has 0 unspecified atom stereocenters. The normalized spacial score (nSPS) is 10.9. The van der Waals surface area contributed by atoms with Crippen LogP contribution in [0.1, 0.15) is 19.7 Å². The zero-order chi connectivity index (χ0) is 11.3. The predicted molar refractivity (Wildman–Crippen MR) is 59.2 cm³/mol. The molecular weight excluding hydrogens is 188 g/mol. The molecule has 4 nitrogen and oxygen atoms in total. The van der Waals surface area contributed by atoms with Crippen molar-refractivity contribution >= 4 is 0 Å². The Morgan fingerprint density at radius 1 is 1.60 bits per heavy atom. The highest BCUT2D eigenvalue weighted by Crippen LogP contribution is 2.01. The van der Waals surface area contributed by atoms with Gasteiger partial charge in [-0.3, -0.25) is 4.90 Å². The average molecular weight is 206 g/mol. The Hall–Kier alpha value is -1.34. The topological polar surface area (TPSA) is 44.9 Å². The zero-order valence-corrected chi connectivity index (χ0v) is 9.64. The molecule has 0 radical (unpaired) electrons. The van der Waals surface area contributed by atoms with Crippen molar-refractivity contribution in [2.75, 3.05) is 13.1 Å². The molecular formula is C11H18N4. The lowest BCUT2D eigenvalue weighted by molar-refractivity contribution is 0.250. The summed E-state index contributed by atoms with van der Waals surface area (Å²) in [4.78, 5) is 6.41. The van der Waals surface area contributed by atoms with Crippen molar-refractivity contribution in [3.8, 4) is 6.07 Å². The number of nitriles is 1. The van der Waals surface area contributed by atoms with Crippen LogP contribution < -0.4 is 0 Å². The van der Waals surface area contributed by atoms with E-state index in [0.29, 0.717) is 12.6 Å². The summed E-state index contributed by atoms with van der Waals surface area (Å²) in [5.74, 6) is 1.07. The second-order valence-electron chi connectivity index (χ2n) is 3.93.